The zero-order chi connectivity index (χ0) is 15.7. The Morgan fingerprint density at radius 2 is 1.95 bits per heavy atom. The van der Waals surface area contributed by atoms with E-state index in [2.05, 4.69) is 0 Å². The topological polar surface area (TPSA) is 81.9 Å². The molecule has 0 radical (unpaired) electrons. The summed E-state index contributed by atoms with van der Waals surface area (Å²) < 4.78 is 10.1. The third-order valence-corrected chi connectivity index (χ3v) is 2.83. The molecule has 0 aliphatic rings. The van der Waals surface area contributed by atoms with Crippen LogP contribution >= 0.6 is 0 Å². The molecule has 0 heterocycles. The molecule has 0 bridgehead atoms. The van der Waals surface area contributed by atoms with Crippen molar-refractivity contribution < 1.29 is 19.2 Å². The van der Waals surface area contributed by atoms with E-state index in [0.717, 1.165) is 5.69 Å². The number of ether oxygens (including phenoxy) is 2. The molecule has 0 atom stereocenters. The molecule has 0 unspecified atom stereocenters. The highest BCUT2D eigenvalue weighted by molar-refractivity contribution is 5.69. The van der Waals surface area contributed by atoms with E-state index in [1.165, 1.54) is 12.1 Å². The highest BCUT2D eigenvalue weighted by Crippen LogP contribution is 2.17. The highest BCUT2D eigenvalue weighted by Gasteiger charge is 2.07. The summed E-state index contributed by atoms with van der Waals surface area (Å²) in [5.74, 6) is -0.263. The Bertz CT molecular complexity index is 461. The van der Waals surface area contributed by atoms with Crippen LogP contribution in [0.25, 0.3) is 0 Å². The number of carbonyl (C=O) groups excluding carboxylic acids is 1. The minimum atomic E-state index is -0.428. The van der Waals surface area contributed by atoms with Crippen molar-refractivity contribution >= 4 is 17.3 Å². The number of nitro benzene ring substituents is 1. The normalized spacial score (nSPS) is 10.2. The first-order valence-electron chi connectivity index (χ1n) is 6.73. The van der Waals surface area contributed by atoms with Crippen LogP contribution in [0.2, 0.25) is 0 Å². The second kappa shape index (κ2) is 8.91. The van der Waals surface area contributed by atoms with E-state index < -0.39 is 4.92 Å². The quantitative estimate of drug-likeness (QED) is 0.300. The van der Waals surface area contributed by atoms with E-state index in [4.69, 9.17) is 9.47 Å². The van der Waals surface area contributed by atoms with Crippen LogP contribution in [0.3, 0.4) is 0 Å². The second-order valence-corrected chi connectivity index (χ2v) is 4.36. The Labute approximate surface area is 123 Å². The van der Waals surface area contributed by atoms with Gasteiger partial charge in [-0.3, -0.25) is 14.9 Å². The third kappa shape index (κ3) is 6.22. The fourth-order valence-electron chi connectivity index (χ4n) is 1.65. The van der Waals surface area contributed by atoms with Crippen molar-refractivity contribution in [2.45, 2.75) is 13.3 Å². The van der Waals surface area contributed by atoms with Crippen molar-refractivity contribution in [3.8, 4) is 0 Å². The lowest BCUT2D eigenvalue weighted by Gasteiger charge is -2.18. The lowest BCUT2D eigenvalue weighted by molar-refractivity contribution is -0.384. The Morgan fingerprint density at radius 3 is 2.52 bits per heavy atom. The molecule has 21 heavy (non-hydrogen) atoms. The van der Waals surface area contributed by atoms with Crippen LogP contribution in [0.4, 0.5) is 11.4 Å². The zero-order valence-electron chi connectivity index (χ0n) is 12.3. The van der Waals surface area contributed by atoms with E-state index >= 15 is 0 Å². The Balaban J connectivity index is 2.26. The molecule has 1 aromatic carbocycles. The number of nitrogens with zero attached hydrogens (tertiary/aromatic N) is 2. The van der Waals surface area contributed by atoms with Crippen molar-refractivity contribution in [1.82, 2.24) is 0 Å². The van der Waals surface area contributed by atoms with E-state index in [9.17, 15) is 14.9 Å². The number of carbonyl (C=O) groups is 1. The number of benzene rings is 1. The molecule has 0 fully saturated rings. The molecule has 7 nitrogen and oxygen atoms in total. The number of rotatable bonds is 9. The van der Waals surface area contributed by atoms with Crippen LogP contribution in [0, 0.1) is 10.1 Å². The molecule has 1 aromatic rings. The number of anilines is 1. The first-order chi connectivity index (χ1) is 10.0. The molecule has 116 valence electrons. The summed E-state index contributed by atoms with van der Waals surface area (Å²) in [7, 11) is 1.87. The first-order valence-corrected chi connectivity index (χ1v) is 6.73. The smallest absolute Gasteiger partial charge is 0.308 e. The molecule has 0 aliphatic heterocycles. The van der Waals surface area contributed by atoms with Gasteiger partial charge in [0.05, 0.1) is 31.2 Å². The number of non-ortho nitro benzene ring substituents is 1. The summed E-state index contributed by atoms with van der Waals surface area (Å²) in [6, 6.07) is 6.31. The van der Waals surface area contributed by atoms with Crippen molar-refractivity contribution in [2.75, 3.05) is 38.3 Å². The van der Waals surface area contributed by atoms with Gasteiger partial charge in [-0.1, -0.05) is 0 Å². The van der Waals surface area contributed by atoms with Gasteiger partial charge in [0.2, 0.25) is 0 Å². The molecule has 0 N–H and O–H groups in total. The Hall–Kier alpha value is -2.15. The molecule has 0 aliphatic carbocycles. The Morgan fingerprint density at radius 1 is 1.29 bits per heavy atom. The van der Waals surface area contributed by atoms with Gasteiger partial charge in [-0.25, -0.2) is 0 Å². The molecular formula is C14H20N2O5. The third-order valence-electron chi connectivity index (χ3n) is 2.83. The molecule has 1 rings (SSSR count). The first kappa shape index (κ1) is 16.9. The van der Waals surface area contributed by atoms with Gasteiger partial charge in [0.1, 0.15) is 0 Å². The van der Waals surface area contributed by atoms with Gasteiger partial charge in [-0.15, -0.1) is 0 Å². The van der Waals surface area contributed by atoms with Crippen LogP contribution in [-0.4, -0.2) is 44.3 Å². The van der Waals surface area contributed by atoms with Gasteiger partial charge in [0, 0.05) is 31.4 Å². The molecule has 0 amide bonds. The molecule has 7 heteroatoms. The predicted molar refractivity (Wildman–Crippen MR) is 78.4 cm³/mol. The Kier molecular flexibility index (Phi) is 7.17. The van der Waals surface area contributed by atoms with Crippen molar-refractivity contribution in [3.63, 3.8) is 0 Å². The average Bonchev–Trinajstić information content (AvgIpc) is 2.47. The summed E-state index contributed by atoms with van der Waals surface area (Å²) in [6.07, 6.45) is 0.245. The molecule has 0 saturated heterocycles. The second-order valence-electron chi connectivity index (χ2n) is 4.36. The number of hydrogen-bond donors (Lipinski definition) is 0. The van der Waals surface area contributed by atoms with Crippen LogP contribution in [-0.2, 0) is 14.3 Å². The van der Waals surface area contributed by atoms with E-state index in [1.54, 1.807) is 19.1 Å². The predicted octanol–water partition coefficient (Wildman–Crippen LogP) is 2.00. The summed E-state index contributed by atoms with van der Waals surface area (Å²) in [4.78, 5) is 23.1. The molecular weight excluding hydrogens is 276 g/mol. The van der Waals surface area contributed by atoms with Gasteiger partial charge >= 0.3 is 5.97 Å². The summed E-state index contributed by atoms with van der Waals surface area (Å²) in [5.41, 5.74) is 0.937. The van der Waals surface area contributed by atoms with E-state index in [0.29, 0.717) is 26.4 Å². The maximum atomic E-state index is 11.1. The number of esters is 1. The van der Waals surface area contributed by atoms with Gasteiger partial charge in [-0.2, -0.15) is 0 Å². The highest BCUT2D eigenvalue weighted by atomic mass is 16.6. The van der Waals surface area contributed by atoms with Gasteiger partial charge in [0.25, 0.3) is 5.69 Å². The number of nitro groups is 1. The maximum absolute atomic E-state index is 11.1. The van der Waals surface area contributed by atoms with E-state index in [1.807, 2.05) is 11.9 Å². The number of hydrogen-bond acceptors (Lipinski definition) is 6. The lowest BCUT2D eigenvalue weighted by atomic mass is 10.2. The van der Waals surface area contributed by atoms with Crippen LogP contribution in [0.5, 0.6) is 0 Å². The SMILES string of the molecule is CCOC(=O)CCOCCN(C)c1ccc([N+](=O)[O-])cc1. The minimum absolute atomic E-state index is 0.0674. The van der Waals surface area contributed by atoms with Crippen LogP contribution < -0.4 is 4.90 Å². The molecule has 0 aromatic heterocycles. The number of likely N-dealkylation sites (N-methyl/N-ethyl adjacent to an activating group) is 1. The zero-order valence-corrected chi connectivity index (χ0v) is 12.3. The van der Waals surface area contributed by atoms with Gasteiger partial charge < -0.3 is 14.4 Å². The van der Waals surface area contributed by atoms with Crippen LogP contribution in [0.1, 0.15) is 13.3 Å². The summed E-state index contributed by atoms with van der Waals surface area (Å²) >= 11 is 0. The van der Waals surface area contributed by atoms with Crippen molar-refractivity contribution in [3.05, 3.63) is 34.4 Å². The minimum Gasteiger partial charge on any atom is -0.466 e. The van der Waals surface area contributed by atoms with Crippen molar-refractivity contribution in [1.29, 1.82) is 0 Å². The average molecular weight is 296 g/mol. The molecule has 0 saturated carbocycles. The monoisotopic (exact) mass is 296 g/mol. The summed E-state index contributed by atoms with van der Waals surface area (Å²) in [5, 5.41) is 10.6. The van der Waals surface area contributed by atoms with Crippen LogP contribution in [0.15, 0.2) is 24.3 Å². The van der Waals surface area contributed by atoms with Crippen molar-refractivity contribution in [2.24, 2.45) is 0 Å². The lowest BCUT2D eigenvalue weighted by Crippen LogP contribution is -2.23. The van der Waals surface area contributed by atoms with Gasteiger partial charge in [0.15, 0.2) is 0 Å². The maximum Gasteiger partial charge on any atom is 0.308 e. The van der Waals surface area contributed by atoms with Gasteiger partial charge in [-0.05, 0) is 19.1 Å². The standard InChI is InChI=1S/C14H20N2O5/c1-3-21-14(17)8-10-20-11-9-15(2)12-4-6-13(7-5-12)16(18)19/h4-7H,3,8-11H2,1-2H3. The summed E-state index contributed by atoms with van der Waals surface area (Å²) in [6.45, 7) is 3.56. The fraction of sp³-hybridized carbons (Fsp3) is 0.500. The molecule has 0 spiro atoms. The largest absolute Gasteiger partial charge is 0.466 e. The fourth-order valence-corrected chi connectivity index (χ4v) is 1.65. The van der Waals surface area contributed by atoms with E-state index in [-0.39, 0.29) is 18.1 Å².